The van der Waals surface area contributed by atoms with Gasteiger partial charge in [-0.3, -0.25) is 4.79 Å². The van der Waals surface area contributed by atoms with Crippen molar-refractivity contribution in [3.8, 4) is 0 Å². The van der Waals surface area contributed by atoms with E-state index < -0.39 is 11.0 Å². The monoisotopic (exact) mass is 454 g/mol. The fourth-order valence-corrected chi connectivity index (χ4v) is 4.84. The summed E-state index contributed by atoms with van der Waals surface area (Å²) in [5.74, 6) is 0.108. The van der Waals surface area contributed by atoms with Crippen LogP contribution in [-0.4, -0.2) is 45.9 Å². The van der Waals surface area contributed by atoms with Crippen molar-refractivity contribution in [2.75, 3.05) is 13.1 Å². The average Bonchev–Trinajstić information content (AvgIpc) is 2.84. The Morgan fingerprint density at radius 1 is 1.19 bits per heavy atom. The molecule has 3 aliphatic rings. The molecule has 1 saturated heterocycles. The van der Waals surface area contributed by atoms with Crippen LogP contribution >= 0.6 is 11.6 Å². The van der Waals surface area contributed by atoms with Gasteiger partial charge in [0.2, 0.25) is 5.91 Å². The van der Waals surface area contributed by atoms with Crippen molar-refractivity contribution in [2.45, 2.75) is 58.1 Å². The Hall–Kier alpha value is -2.53. The second-order valence-corrected chi connectivity index (χ2v) is 10.3. The molecule has 0 N–H and O–H groups in total. The third-order valence-corrected chi connectivity index (χ3v) is 6.91. The molecular weight excluding hydrogens is 424 g/mol. The van der Waals surface area contributed by atoms with Crippen molar-refractivity contribution in [3.63, 3.8) is 0 Å². The highest BCUT2D eigenvalue weighted by atomic mass is 35.5. The van der Waals surface area contributed by atoms with E-state index in [1.165, 1.54) is 0 Å². The van der Waals surface area contributed by atoms with Gasteiger partial charge >= 0.3 is 6.09 Å². The van der Waals surface area contributed by atoms with Crippen molar-refractivity contribution in [3.05, 3.63) is 71.0 Å². The minimum absolute atomic E-state index is 0.108. The molecule has 0 bridgehead atoms. The van der Waals surface area contributed by atoms with Gasteiger partial charge in [0.05, 0.1) is 17.3 Å². The second-order valence-electron chi connectivity index (χ2n) is 9.87. The van der Waals surface area contributed by atoms with Gasteiger partial charge in [-0.05, 0) is 63.3 Å². The first-order valence-corrected chi connectivity index (χ1v) is 11.6. The molecule has 1 aromatic carbocycles. The molecule has 2 aliphatic heterocycles. The number of benzene rings is 1. The number of piperidine rings is 1. The van der Waals surface area contributed by atoms with E-state index >= 15 is 0 Å². The summed E-state index contributed by atoms with van der Waals surface area (Å²) in [7, 11) is 0. The van der Waals surface area contributed by atoms with Crippen molar-refractivity contribution in [2.24, 2.45) is 5.41 Å². The highest BCUT2D eigenvalue weighted by molar-refractivity contribution is 6.23. The predicted molar refractivity (Wildman–Crippen MR) is 126 cm³/mol. The number of amides is 2. The number of carbonyl (C=O) groups is 2. The Labute approximate surface area is 195 Å². The Morgan fingerprint density at radius 2 is 1.84 bits per heavy atom. The van der Waals surface area contributed by atoms with Crippen LogP contribution in [0, 0.1) is 5.41 Å². The third-order valence-electron chi connectivity index (χ3n) is 6.42. The van der Waals surface area contributed by atoms with Crippen molar-refractivity contribution < 1.29 is 14.3 Å². The average molecular weight is 455 g/mol. The number of hydrogen-bond acceptors (Lipinski definition) is 3. The number of fused-ring (bicyclic) bond motifs is 1. The highest BCUT2D eigenvalue weighted by Crippen LogP contribution is 2.50. The van der Waals surface area contributed by atoms with Gasteiger partial charge in [-0.15, -0.1) is 11.6 Å². The molecule has 1 fully saturated rings. The summed E-state index contributed by atoms with van der Waals surface area (Å²) in [6, 6.07) is 10.0. The summed E-state index contributed by atoms with van der Waals surface area (Å²) in [5.41, 5.74) is 2.86. The summed E-state index contributed by atoms with van der Waals surface area (Å²) < 4.78 is 5.55. The molecule has 1 spiro atoms. The van der Waals surface area contributed by atoms with Crippen LogP contribution in [0.25, 0.3) is 0 Å². The second kappa shape index (κ2) is 8.43. The SMILES string of the molecule is CC1=CC2=C(C=CC1Cl)C1(CCN(C(=O)OC(C)(C)C)CC1)C(=O)N2Cc1ccccc1. The molecule has 32 heavy (non-hydrogen) atoms. The first-order valence-electron chi connectivity index (χ1n) is 11.2. The molecule has 1 aromatic rings. The standard InChI is InChI=1S/C26H31ClN2O3/c1-18-16-22-20(10-11-21(18)27)26(23(30)29(22)17-19-8-6-5-7-9-19)12-14-28(15-13-26)24(31)32-25(2,3)4/h5-11,16,21H,12-15,17H2,1-4H3. The van der Waals surface area contributed by atoms with Crippen molar-refractivity contribution in [1.29, 1.82) is 0 Å². The van der Waals surface area contributed by atoms with Crippen LogP contribution in [0.15, 0.2) is 65.4 Å². The number of allylic oxidation sites excluding steroid dienone is 4. The van der Waals surface area contributed by atoms with Crippen LogP contribution in [0.4, 0.5) is 4.79 Å². The minimum atomic E-state index is -0.642. The summed E-state index contributed by atoms with van der Waals surface area (Å²) >= 11 is 6.53. The summed E-state index contributed by atoms with van der Waals surface area (Å²) in [4.78, 5) is 30.1. The lowest BCUT2D eigenvalue weighted by Crippen LogP contribution is -2.49. The van der Waals surface area contributed by atoms with E-state index in [0.717, 1.165) is 22.4 Å². The smallest absolute Gasteiger partial charge is 0.410 e. The zero-order chi connectivity index (χ0) is 23.1. The lowest BCUT2D eigenvalue weighted by Gasteiger charge is -2.39. The van der Waals surface area contributed by atoms with E-state index in [1.54, 1.807) is 4.90 Å². The summed E-state index contributed by atoms with van der Waals surface area (Å²) in [6.45, 7) is 9.07. The molecule has 0 radical (unpaired) electrons. The Balaban J connectivity index is 1.65. The topological polar surface area (TPSA) is 49.9 Å². The Morgan fingerprint density at radius 3 is 2.47 bits per heavy atom. The molecule has 6 heteroatoms. The molecule has 5 nitrogen and oxygen atoms in total. The van der Waals surface area contributed by atoms with E-state index in [9.17, 15) is 9.59 Å². The first kappa shape index (κ1) is 22.7. The molecule has 1 aliphatic carbocycles. The fourth-order valence-electron chi connectivity index (χ4n) is 4.71. The summed E-state index contributed by atoms with van der Waals surface area (Å²) in [5, 5.41) is -0.201. The first-order chi connectivity index (χ1) is 15.1. The normalized spacial score (nSPS) is 22.7. The van der Waals surface area contributed by atoms with Crippen LogP contribution < -0.4 is 0 Å². The predicted octanol–water partition coefficient (Wildman–Crippen LogP) is 5.42. The third kappa shape index (κ3) is 4.23. The van der Waals surface area contributed by atoms with E-state index in [2.05, 4.69) is 6.08 Å². The maximum absolute atomic E-state index is 13.9. The van der Waals surface area contributed by atoms with Gasteiger partial charge in [0.1, 0.15) is 5.60 Å². The maximum atomic E-state index is 13.9. The van der Waals surface area contributed by atoms with Gasteiger partial charge in [-0.2, -0.15) is 0 Å². The Kier molecular flexibility index (Phi) is 5.97. The number of rotatable bonds is 2. The van der Waals surface area contributed by atoms with E-state index in [4.69, 9.17) is 16.3 Å². The van der Waals surface area contributed by atoms with Gasteiger partial charge < -0.3 is 14.5 Å². The number of alkyl halides is 1. The van der Waals surface area contributed by atoms with Crippen molar-refractivity contribution in [1.82, 2.24) is 9.80 Å². The molecule has 4 rings (SSSR count). The van der Waals surface area contributed by atoms with Crippen LogP contribution in [0.1, 0.15) is 46.1 Å². The molecule has 0 aromatic heterocycles. The number of carbonyl (C=O) groups excluding carboxylic acids is 2. The quantitative estimate of drug-likeness (QED) is 0.560. The van der Waals surface area contributed by atoms with Gasteiger partial charge in [0.25, 0.3) is 0 Å². The van der Waals surface area contributed by atoms with Gasteiger partial charge in [-0.25, -0.2) is 4.79 Å². The van der Waals surface area contributed by atoms with E-state index in [1.807, 2.05) is 75.1 Å². The van der Waals surface area contributed by atoms with Crippen LogP contribution in [0.5, 0.6) is 0 Å². The molecule has 2 heterocycles. The lowest BCUT2D eigenvalue weighted by molar-refractivity contribution is -0.138. The summed E-state index contributed by atoms with van der Waals surface area (Å²) in [6.07, 6.45) is 6.88. The maximum Gasteiger partial charge on any atom is 0.410 e. The number of ether oxygens (including phenoxy) is 1. The van der Waals surface area contributed by atoms with E-state index in [0.29, 0.717) is 32.5 Å². The van der Waals surface area contributed by atoms with Crippen LogP contribution in [0.3, 0.4) is 0 Å². The van der Waals surface area contributed by atoms with Gasteiger partial charge in [-0.1, -0.05) is 42.5 Å². The van der Waals surface area contributed by atoms with Gasteiger partial charge in [0, 0.05) is 18.8 Å². The van der Waals surface area contributed by atoms with E-state index in [-0.39, 0.29) is 17.4 Å². The number of hydrogen-bond donors (Lipinski definition) is 0. The largest absolute Gasteiger partial charge is 0.444 e. The molecule has 0 saturated carbocycles. The van der Waals surface area contributed by atoms with Crippen LogP contribution in [-0.2, 0) is 16.1 Å². The van der Waals surface area contributed by atoms with Crippen LogP contribution in [0.2, 0.25) is 0 Å². The van der Waals surface area contributed by atoms with Crippen molar-refractivity contribution >= 4 is 23.6 Å². The highest BCUT2D eigenvalue weighted by Gasteiger charge is 2.53. The Bertz CT molecular complexity index is 996. The molecular formula is C26H31ClN2O3. The number of nitrogens with zero attached hydrogens (tertiary/aromatic N) is 2. The zero-order valence-electron chi connectivity index (χ0n) is 19.2. The molecule has 2 amide bonds. The molecule has 170 valence electrons. The fraction of sp³-hybridized carbons (Fsp3) is 0.462. The zero-order valence-corrected chi connectivity index (χ0v) is 20.0. The van der Waals surface area contributed by atoms with Gasteiger partial charge in [0.15, 0.2) is 0 Å². The molecule has 1 unspecified atom stereocenters. The minimum Gasteiger partial charge on any atom is -0.444 e. The molecule has 1 atom stereocenters. The number of likely N-dealkylation sites (tertiary alicyclic amines) is 1. The number of halogens is 1. The lowest BCUT2D eigenvalue weighted by atomic mass is 9.72.